The maximum atomic E-state index is 11.6. The number of anilines is 2. The van der Waals surface area contributed by atoms with E-state index in [-0.39, 0.29) is 11.8 Å². The number of benzene rings is 2. The van der Waals surface area contributed by atoms with Gasteiger partial charge < -0.3 is 10.6 Å². The number of nitrogens with one attached hydrogen (secondary N) is 2. The van der Waals surface area contributed by atoms with Crippen LogP contribution in [0.25, 0.3) is 0 Å². The third kappa shape index (κ3) is 4.95. The van der Waals surface area contributed by atoms with Gasteiger partial charge in [-0.25, -0.2) is 0 Å². The van der Waals surface area contributed by atoms with Crippen LogP contribution in [0.3, 0.4) is 0 Å². The molecule has 0 heterocycles. The maximum Gasteiger partial charge on any atom is 0.226 e. The molecular weight excluding hydrogens is 260 g/mol. The Bertz CT molecular complexity index is 562. The van der Waals surface area contributed by atoms with Crippen LogP contribution in [-0.2, 0) is 11.2 Å². The average Bonchev–Trinajstić information content (AvgIpc) is 2.50. The highest BCUT2D eigenvalue weighted by atomic mass is 16.1. The number of hydrogen-bond acceptors (Lipinski definition) is 2. The van der Waals surface area contributed by atoms with Crippen molar-refractivity contribution >= 4 is 17.3 Å². The van der Waals surface area contributed by atoms with Crippen molar-refractivity contribution in [1.82, 2.24) is 0 Å². The van der Waals surface area contributed by atoms with Crippen molar-refractivity contribution in [3.05, 3.63) is 60.2 Å². The molecule has 0 bridgehead atoms. The van der Waals surface area contributed by atoms with Crippen LogP contribution in [0.15, 0.2) is 54.6 Å². The summed E-state index contributed by atoms with van der Waals surface area (Å²) >= 11 is 0. The first-order chi connectivity index (χ1) is 10.1. The van der Waals surface area contributed by atoms with Gasteiger partial charge in [0.1, 0.15) is 0 Å². The average molecular weight is 282 g/mol. The lowest BCUT2D eigenvalue weighted by Crippen LogP contribution is -2.17. The van der Waals surface area contributed by atoms with Crippen molar-refractivity contribution in [3.8, 4) is 0 Å². The van der Waals surface area contributed by atoms with Crippen LogP contribution in [-0.4, -0.2) is 12.5 Å². The quantitative estimate of drug-likeness (QED) is 0.842. The molecule has 0 aliphatic heterocycles. The molecule has 0 aliphatic carbocycles. The summed E-state index contributed by atoms with van der Waals surface area (Å²) < 4.78 is 0. The van der Waals surface area contributed by atoms with Gasteiger partial charge in [0.15, 0.2) is 0 Å². The highest BCUT2D eigenvalue weighted by Crippen LogP contribution is 2.14. The van der Waals surface area contributed by atoms with Gasteiger partial charge in [-0.15, -0.1) is 0 Å². The highest BCUT2D eigenvalue weighted by molar-refractivity contribution is 5.92. The molecule has 0 spiro atoms. The van der Waals surface area contributed by atoms with E-state index >= 15 is 0 Å². The van der Waals surface area contributed by atoms with Gasteiger partial charge in [-0.1, -0.05) is 44.2 Å². The van der Waals surface area contributed by atoms with Crippen molar-refractivity contribution in [2.24, 2.45) is 5.92 Å². The van der Waals surface area contributed by atoms with Gasteiger partial charge in [-0.3, -0.25) is 4.79 Å². The Kier molecular flexibility index (Phi) is 5.38. The topological polar surface area (TPSA) is 41.1 Å². The molecular formula is C18H22N2O. The van der Waals surface area contributed by atoms with Crippen molar-refractivity contribution in [2.45, 2.75) is 20.3 Å². The highest BCUT2D eigenvalue weighted by Gasteiger charge is 2.06. The van der Waals surface area contributed by atoms with Gasteiger partial charge in [0.25, 0.3) is 0 Å². The second-order valence-corrected chi connectivity index (χ2v) is 5.38. The van der Waals surface area contributed by atoms with E-state index in [0.29, 0.717) is 0 Å². The van der Waals surface area contributed by atoms with Crippen LogP contribution in [0.1, 0.15) is 19.4 Å². The lowest BCUT2D eigenvalue weighted by Gasteiger charge is -2.10. The molecule has 2 aromatic rings. The molecule has 3 heteroatoms. The molecule has 21 heavy (non-hydrogen) atoms. The van der Waals surface area contributed by atoms with Crippen LogP contribution in [0.2, 0.25) is 0 Å². The fourth-order valence-corrected chi connectivity index (χ4v) is 1.95. The summed E-state index contributed by atoms with van der Waals surface area (Å²) in [6.45, 7) is 4.66. The number of amides is 1. The smallest absolute Gasteiger partial charge is 0.226 e. The molecule has 0 saturated heterocycles. The first kappa shape index (κ1) is 15.1. The summed E-state index contributed by atoms with van der Waals surface area (Å²) in [5.41, 5.74) is 3.22. The van der Waals surface area contributed by atoms with Crippen molar-refractivity contribution < 1.29 is 4.79 Å². The van der Waals surface area contributed by atoms with Crippen LogP contribution >= 0.6 is 0 Å². The summed E-state index contributed by atoms with van der Waals surface area (Å²) in [6, 6.07) is 18.2. The Hall–Kier alpha value is -2.29. The number of hydrogen-bond donors (Lipinski definition) is 2. The Morgan fingerprint density at radius 2 is 1.57 bits per heavy atom. The van der Waals surface area contributed by atoms with Gasteiger partial charge in [-0.2, -0.15) is 0 Å². The third-order valence-electron chi connectivity index (χ3n) is 3.26. The normalized spacial score (nSPS) is 10.4. The zero-order chi connectivity index (χ0) is 15.1. The Morgan fingerprint density at radius 1 is 0.952 bits per heavy atom. The lowest BCUT2D eigenvalue weighted by atomic mass is 10.1. The predicted molar refractivity (Wildman–Crippen MR) is 88.5 cm³/mol. The molecule has 0 aliphatic rings. The molecule has 0 fully saturated rings. The largest absolute Gasteiger partial charge is 0.385 e. The first-order valence-electron chi connectivity index (χ1n) is 7.34. The van der Waals surface area contributed by atoms with E-state index in [0.717, 1.165) is 24.3 Å². The Morgan fingerprint density at radius 3 is 2.19 bits per heavy atom. The Labute approximate surface area is 126 Å². The molecule has 1 amide bonds. The number of carbonyl (C=O) groups excluding carboxylic acids is 1. The van der Waals surface area contributed by atoms with E-state index in [4.69, 9.17) is 0 Å². The van der Waals surface area contributed by atoms with Gasteiger partial charge >= 0.3 is 0 Å². The van der Waals surface area contributed by atoms with E-state index < -0.39 is 0 Å². The van der Waals surface area contributed by atoms with E-state index in [1.165, 1.54) is 5.56 Å². The summed E-state index contributed by atoms with van der Waals surface area (Å²) in [4.78, 5) is 11.6. The van der Waals surface area contributed by atoms with E-state index in [9.17, 15) is 4.79 Å². The Balaban J connectivity index is 1.81. The molecule has 0 unspecified atom stereocenters. The summed E-state index contributed by atoms with van der Waals surface area (Å²) in [7, 11) is 0. The lowest BCUT2D eigenvalue weighted by molar-refractivity contribution is -0.118. The van der Waals surface area contributed by atoms with Crippen molar-refractivity contribution in [1.29, 1.82) is 0 Å². The van der Waals surface area contributed by atoms with Gasteiger partial charge in [0.05, 0.1) is 0 Å². The van der Waals surface area contributed by atoms with Crippen molar-refractivity contribution in [3.63, 3.8) is 0 Å². The van der Waals surface area contributed by atoms with Gasteiger partial charge in [0, 0.05) is 23.8 Å². The predicted octanol–water partition coefficient (Wildman–Crippen LogP) is 3.94. The van der Waals surface area contributed by atoms with Gasteiger partial charge in [0.2, 0.25) is 5.91 Å². The second-order valence-electron chi connectivity index (χ2n) is 5.38. The molecule has 2 rings (SSSR count). The minimum Gasteiger partial charge on any atom is -0.385 e. The van der Waals surface area contributed by atoms with Crippen LogP contribution < -0.4 is 10.6 Å². The van der Waals surface area contributed by atoms with E-state index in [1.54, 1.807) is 0 Å². The standard InChI is InChI=1S/C18H22N2O/c1-14(2)18(21)20-17-10-8-16(9-11-17)19-13-12-15-6-4-3-5-7-15/h3-11,14,19H,12-13H2,1-2H3,(H,20,21). The molecule has 2 aromatic carbocycles. The third-order valence-corrected chi connectivity index (χ3v) is 3.26. The van der Waals surface area contributed by atoms with E-state index in [2.05, 4.69) is 34.9 Å². The minimum atomic E-state index is -0.00586. The van der Waals surface area contributed by atoms with Crippen LogP contribution in [0.5, 0.6) is 0 Å². The summed E-state index contributed by atoms with van der Waals surface area (Å²) in [6.07, 6.45) is 0.993. The molecule has 110 valence electrons. The van der Waals surface area contributed by atoms with Crippen LogP contribution in [0.4, 0.5) is 11.4 Å². The monoisotopic (exact) mass is 282 g/mol. The fraction of sp³-hybridized carbons (Fsp3) is 0.278. The van der Waals surface area contributed by atoms with Crippen molar-refractivity contribution in [2.75, 3.05) is 17.2 Å². The summed E-state index contributed by atoms with van der Waals surface area (Å²) in [5, 5.41) is 6.27. The van der Waals surface area contributed by atoms with E-state index in [1.807, 2.05) is 44.2 Å². The van der Waals surface area contributed by atoms with Gasteiger partial charge in [-0.05, 0) is 36.2 Å². The molecule has 0 atom stereocenters. The summed E-state index contributed by atoms with van der Waals surface area (Å²) in [5.74, 6) is 0.0356. The number of rotatable bonds is 6. The van der Waals surface area contributed by atoms with Crippen LogP contribution in [0, 0.1) is 5.92 Å². The zero-order valence-electron chi connectivity index (χ0n) is 12.6. The minimum absolute atomic E-state index is 0.00586. The second kappa shape index (κ2) is 7.48. The number of carbonyl (C=O) groups is 1. The molecule has 0 aromatic heterocycles. The SMILES string of the molecule is CC(C)C(=O)Nc1ccc(NCCc2ccccc2)cc1. The zero-order valence-corrected chi connectivity index (χ0v) is 12.6. The first-order valence-corrected chi connectivity index (χ1v) is 7.34. The molecule has 3 nitrogen and oxygen atoms in total. The molecule has 0 saturated carbocycles. The molecule has 0 radical (unpaired) electrons. The maximum absolute atomic E-state index is 11.6. The molecule has 2 N–H and O–H groups in total. The fourth-order valence-electron chi connectivity index (χ4n) is 1.95.